The summed E-state index contributed by atoms with van der Waals surface area (Å²) in [4.78, 5) is 22.1. The third kappa shape index (κ3) is 1.53. The molecule has 17 heavy (non-hydrogen) atoms. The highest BCUT2D eigenvalue weighted by atomic mass is 32.1. The molecule has 2 rings (SSSR count). The van der Waals surface area contributed by atoms with Crippen molar-refractivity contribution in [2.24, 2.45) is 0 Å². The Balaban J connectivity index is 2.38. The molecule has 1 aliphatic rings. The highest BCUT2D eigenvalue weighted by Gasteiger charge is 2.78. The highest BCUT2D eigenvalue weighted by molar-refractivity contribution is 7.10. The average Bonchev–Trinajstić information content (AvgIpc) is 2.66. The number of halogens is 2. The van der Waals surface area contributed by atoms with Gasteiger partial charge in [0.15, 0.2) is 5.41 Å². The molecule has 7 heteroatoms. The fourth-order valence-electron chi connectivity index (χ4n) is 1.68. The third-order valence-corrected chi connectivity index (χ3v) is 3.88. The van der Waals surface area contributed by atoms with Gasteiger partial charge in [-0.25, -0.2) is 13.6 Å². The molecule has 1 aliphatic carbocycles. The van der Waals surface area contributed by atoms with Crippen LogP contribution in [0.5, 0.6) is 0 Å². The molecule has 0 bridgehead atoms. The van der Waals surface area contributed by atoms with Gasteiger partial charge in [0.1, 0.15) is 0 Å². The number of carboxylic acids is 1. The molecule has 1 saturated carbocycles. The van der Waals surface area contributed by atoms with Gasteiger partial charge in [-0.2, -0.15) is 0 Å². The summed E-state index contributed by atoms with van der Waals surface area (Å²) in [6.45, 7) is 0. The second-order valence-corrected chi connectivity index (χ2v) is 4.69. The van der Waals surface area contributed by atoms with Crippen molar-refractivity contribution in [3.05, 3.63) is 21.9 Å². The topological polar surface area (TPSA) is 63.6 Å². The van der Waals surface area contributed by atoms with Crippen molar-refractivity contribution >= 4 is 23.3 Å². The lowest BCUT2D eigenvalue weighted by Crippen LogP contribution is -2.26. The number of carbonyl (C=O) groups excluding carboxylic acids is 1. The van der Waals surface area contributed by atoms with Crippen molar-refractivity contribution in [1.82, 2.24) is 0 Å². The molecule has 4 nitrogen and oxygen atoms in total. The van der Waals surface area contributed by atoms with Crippen LogP contribution >= 0.6 is 11.3 Å². The number of aliphatic carboxylic acids is 1. The number of hydrogen-bond acceptors (Lipinski definition) is 4. The summed E-state index contributed by atoms with van der Waals surface area (Å²) in [5, 5.41) is 10.2. The van der Waals surface area contributed by atoms with E-state index in [9.17, 15) is 18.4 Å². The number of ether oxygens (including phenoxy) is 1. The molecule has 1 heterocycles. The van der Waals surface area contributed by atoms with E-state index in [1.54, 1.807) is 0 Å². The van der Waals surface area contributed by atoms with Crippen LogP contribution in [0.15, 0.2) is 11.4 Å². The van der Waals surface area contributed by atoms with Crippen molar-refractivity contribution < 1.29 is 28.2 Å². The number of methoxy groups -OCH3 is 1. The van der Waals surface area contributed by atoms with Gasteiger partial charge < -0.3 is 9.84 Å². The third-order valence-electron chi connectivity index (χ3n) is 2.79. The fourth-order valence-corrected chi connectivity index (χ4v) is 2.80. The summed E-state index contributed by atoms with van der Waals surface area (Å²) < 4.78 is 30.8. The van der Waals surface area contributed by atoms with Gasteiger partial charge in [0.05, 0.1) is 12.7 Å². The Morgan fingerprint density at radius 1 is 1.53 bits per heavy atom. The first kappa shape index (κ1) is 12.0. The molecule has 0 saturated heterocycles. The first-order valence-electron chi connectivity index (χ1n) is 4.64. The van der Waals surface area contributed by atoms with Gasteiger partial charge in [-0.05, 0) is 6.07 Å². The minimum atomic E-state index is -3.25. The maximum atomic E-state index is 13.2. The number of rotatable bonds is 3. The van der Waals surface area contributed by atoms with E-state index in [2.05, 4.69) is 4.74 Å². The summed E-state index contributed by atoms with van der Waals surface area (Å²) >= 11 is 0.832. The largest absolute Gasteiger partial charge is 0.480 e. The average molecular weight is 262 g/mol. The molecule has 0 aromatic carbocycles. The van der Waals surface area contributed by atoms with Crippen LogP contribution in [0, 0.1) is 0 Å². The second kappa shape index (κ2) is 3.49. The van der Waals surface area contributed by atoms with E-state index in [0.717, 1.165) is 17.4 Å². The summed E-state index contributed by atoms with van der Waals surface area (Å²) in [5.74, 6) is -5.49. The number of thiophene rings is 1. The van der Waals surface area contributed by atoms with E-state index in [-0.39, 0.29) is 10.4 Å². The van der Waals surface area contributed by atoms with Crippen LogP contribution in [0.4, 0.5) is 8.78 Å². The molecule has 92 valence electrons. The zero-order chi connectivity index (χ0) is 12.8. The molecule has 0 radical (unpaired) electrons. The lowest BCUT2D eigenvalue weighted by Gasteiger charge is -2.07. The summed E-state index contributed by atoms with van der Waals surface area (Å²) in [6, 6.07) is 1.16. The maximum Gasteiger partial charge on any atom is 0.338 e. The van der Waals surface area contributed by atoms with E-state index in [1.165, 1.54) is 12.5 Å². The van der Waals surface area contributed by atoms with Gasteiger partial charge in [0.25, 0.3) is 5.92 Å². The van der Waals surface area contributed by atoms with Crippen LogP contribution in [0.2, 0.25) is 0 Å². The predicted octanol–water partition coefficient (Wildman–Crippen LogP) is 1.90. The van der Waals surface area contributed by atoms with E-state index < -0.39 is 29.7 Å². The highest BCUT2D eigenvalue weighted by Crippen LogP contribution is 2.62. The van der Waals surface area contributed by atoms with E-state index in [0.29, 0.717) is 0 Å². The molecule has 0 spiro atoms. The van der Waals surface area contributed by atoms with Crippen LogP contribution in [0.1, 0.15) is 21.7 Å². The minimum absolute atomic E-state index is 0.0181. The zero-order valence-electron chi connectivity index (χ0n) is 8.70. The molecule has 1 unspecified atom stereocenters. The number of carbonyl (C=O) groups is 2. The molecule has 1 fully saturated rings. The number of alkyl halides is 2. The van der Waals surface area contributed by atoms with Crippen LogP contribution in [0.25, 0.3) is 0 Å². The fraction of sp³-hybridized carbons (Fsp3) is 0.400. The van der Waals surface area contributed by atoms with Crippen LogP contribution < -0.4 is 0 Å². The van der Waals surface area contributed by atoms with Crippen molar-refractivity contribution in [3.63, 3.8) is 0 Å². The first-order valence-corrected chi connectivity index (χ1v) is 5.51. The Morgan fingerprint density at radius 2 is 2.12 bits per heavy atom. The molecular formula is C10H8F2O4S. The van der Waals surface area contributed by atoms with Crippen LogP contribution in [-0.4, -0.2) is 30.1 Å². The molecule has 1 aromatic heterocycles. The van der Waals surface area contributed by atoms with Gasteiger partial charge in [0.2, 0.25) is 0 Å². The summed E-state index contributed by atoms with van der Waals surface area (Å²) in [7, 11) is 1.17. The Morgan fingerprint density at radius 3 is 2.53 bits per heavy atom. The van der Waals surface area contributed by atoms with Gasteiger partial charge in [-0.1, -0.05) is 0 Å². The first-order chi connectivity index (χ1) is 7.85. The second-order valence-electron chi connectivity index (χ2n) is 3.78. The summed E-state index contributed by atoms with van der Waals surface area (Å²) in [5.41, 5.74) is -2.07. The van der Waals surface area contributed by atoms with Gasteiger partial charge in [0, 0.05) is 16.7 Å². The molecule has 1 N–H and O–H groups in total. The maximum absolute atomic E-state index is 13.2. The van der Waals surface area contributed by atoms with Gasteiger partial charge in [-0.3, -0.25) is 4.79 Å². The normalized spacial score (nSPS) is 25.4. The van der Waals surface area contributed by atoms with Crippen LogP contribution in [0.3, 0.4) is 0 Å². The smallest absolute Gasteiger partial charge is 0.338 e. The number of hydrogen-bond donors (Lipinski definition) is 1. The Bertz CT molecular complexity index is 496. The van der Waals surface area contributed by atoms with Crippen molar-refractivity contribution in [2.75, 3.05) is 7.11 Å². The monoisotopic (exact) mass is 262 g/mol. The van der Waals surface area contributed by atoms with Crippen molar-refractivity contribution in [1.29, 1.82) is 0 Å². The molecule has 0 aliphatic heterocycles. The van der Waals surface area contributed by atoms with Gasteiger partial charge in [-0.15, -0.1) is 11.3 Å². The quantitative estimate of drug-likeness (QED) is 0.845. The van der Waals surface area contributed by atoms with Crippen LogP contribution in [-0.2, 0) is 14.9 Å². The Hall–Kier alpha value is -1.50. The SMILES string of the molecule is COC(=O)c1csc(C2(C(=O)O)CC2(F)F)c1. The molecule has 1 atom stereocenters. The van der Waals surface area contributed by atoms with E-state index in [1.807, 2.05) is 0 Å². The molecule has 0 amide bonds. The predicted molar refractivity (Wildman–Crippen MR) is 54.5 cm³/mol. The standard InChI is InChI=1S/C10H8F2O4S/c1-16-7(13)5-2-6(17-3-5)9(8(14)15)4-10(9,11)12/h2-3H,4H2,1H3,(H,14,15). The summed E-state index contributed by atoms with van der Waals surface area (Å²) in [6.07, 6.45) is -0.726. The lowest BCUT2D eigenvalue weighted by molar-refractivity contribution is -0.142. The number of carboxylic acid groups (broad SMARTS) is 1. The minimum Gasteiger partial charge on any atom is -0.480 e. The van der Waals surface area contributed by atoms with E-state index in [4.69, 9.17) is 5.11 Å². The zero-order valence-corrected chi connectivity index (χ0v) is 9.51. The Kier molecular flexibility index (Phi) is 2.46. The molecular weight excluding hydrogens is 254 g/mol. The molecule has 1 aromatic rings. The van der Waals surface area contributed by atoms with Gasteiger partial charge >= 0.3 is 11.9 Å². The lowest BCUT2D eigenvalue weighted by atomic mass is 10.0. The number of esters is 1. The van der Waals surface area contributed by atoms with E-state index >= 15 is 0 Å². The van der Waals surface area contributed by atoms with Crippen molar-refractivity contribution in [3.8, 4) is 0 Å². The van der Waals surface area contributed by atoms with Crippen molar-refractivity contribution in [2.45, 2.75) is 17.8 Å². The Labute approximate surface area is 98.8 Å².